The molecule has 0 bridgehead atoms. The maximum absolute atomic E-state index is 6.24. The van der Waals surface area contributed by atoms with Crippen LogP contribution in [0.5, 0.6) is 0 Å². The average Bonchev–Trinajstić information content (AvgIpc) is 3.37. The lowest BCUT2D eigenvalue weighted by molar-refractivity contribution is 0.669. The van der Waals surface area contributed by atoms with Crippen LogP contribution in [-0.4, -0.2) is 15.0 Å². The first kappa shape index (κ1) is 21.2. The third-order valence-electron chi connectivity index (χ3n) is 6.62. The molecule has 0 radical (unpaired) electrons. The van der Waals surface area contributed by atoms with E-state index in [2.05, 4.69) is 88.8 Å². The van der Waals surface area contributed by atoms with Crippen LogP contribution in [0.2, 0.25) is 0 Å². The molecule has 0 amide bonds. The number of fused-ring (bicyclic) bond motifs is 3. The van der Waals surface area contributed by atoms with Gasteiger partial charge in [0.1, 0.15) is 17.5 Å². The standard InChI is InChI=1S/C33H21N3O/c1-3-10-22(11-4-1)24-18-25(23-12-5-2-6-13-23)20-26(19-24)32-34-21-35-33(36-32)29-16-9-15-28-27-14-7-8-17-30(27)37-31(28)29/h1-21H. The molecule has 2 heterocycles. The lowest BCUT2D eigenvalue weighted by atomic mass is 9.96. The molecule has 0 saturated carbocycles. The third-order valence-corrected chi connectivity index (χ3v) is 6.62. The first-order chi connectivity index (χ1) is 18.3. The van der Waals surface area contributed by atoms with Gasteiger partial charge in [-0.05, 0) is 52.6 Å². The second-order valence-corrected chi connectivity index (χ2v) is 8.94. The van der Waals surface area contributed by atoms with E-state index in [9.17, 15) is 0 Å². The summed E-state index contributed by atoms with van der Waals surface area (Å²) in [6, 6.07) is 41.4. The van der Waals surface area contributed by atoms with E-state index >= 15 is 0 Å². The fourth-order valence-corrected chi connectivity index (χ4v) is 4.84. The van der Waals surface area contributed by atoms with Crippen LogP contribution < -0.4 is 0 Å². The largest absolute Gasteiger partial charge is 0.455 e. The van der Waals surface area contributed by atoms with Gasteiger partial charge in [-0.3, -0.25) is 0 Å². The molecule has 0 atom stereocenters. The fourth-order valence-electron chi connectivity index (χ4n) is 4.84. The molecule has 0 unspecified atom stereocenters. The molecule has 0 aliphatic carbocycles. The van der Waals surface area contributed by atoms with Crippen LogP contribution in [0.3, 0.4) is 0 Å². The molecule has 4 heteroatoms. The molecule has 0 spiro atoms. The van der Waals surface area contributed by atoms with Crippen LogP contribution in [0, 0.1) is 0 Å². The van der Waals surface area contributed by atoms with Gasteiger partial charge in [0, 0.05) is 16.3 Å². The summed E-state index contributed by atoms with van der Waals surface area (Å²) in [6.07, 6.45) is 1.58. The Labute approximate surface area is 213 Å². The molecule has 37 heavy (non-hydrogen) atoms. The van der Waals surface area contributed by atoms with E-state index in [0.717, 1.165) is 55.3 Å². The normalized spacial score (nSPS) is 11.2. The number of furan rings is 1. The second kappa shape index (κ2) is 8.85. The quantitative estimate of drug-likeness (QED) is 0.256. The van der Waals surface area contributed by atoms with Crippen molar-refractivity contribution in [3.05, 3.63) is 128 Å². The predicted molar refractivity (Wildman–Crippen MR) is 149 cm³/mol. The van der Waals surface area contributed by atoms with E-state index in [1.54, 1.807) is 6.33 Å². The summed E-state index contributed by atoms with van der Waals surface area (Å²) in [5.74, 6) is 1.20. The zero-order valence-electron chi connectivity index (χ0n) is 19.9. The monoisotopic (exact) mass is 475 g/mol. The average molecular weight is 476 g/mol. The van der Waals surface area contributed by atoms with E-state index < -0.39 is 0 Å². The van der Waals surface area contributed by atoms with Crippen molar-refractivity contribution in [2.24, 2.45) is 0 Å². The van der Waals surface area contributed by atoms with Crippen molar-refractivity contribution in [3.8, 4) is 45.0 Å². The number of benzene rings is 5. The first-order valence-electron chi connectivity index (χ1n) is 12.2. The summed E-state index contributed by atoms with van der Waals surface area (Å²) in [6.45, 7) is 0. The molecule has 174 valence electrons. The lowest BCUT2D eigenvalue weighted by Gasteiger charge is -2.11. The van der Waals surface area contributed by atoms with Crippen LogP contribution in [-0.2, 0) is 0 Å². The summed E-state index contributed by atoms with van der Waals surface area (Å²) in [7, 11) is 0. The van der Waals surface area contributed by atoms with Crippen molar-refractivity contribution in [1.29, 1.82) is 0 Å². The van der Waals surface area contributed by atoms with Gasteiger partial charge in [-0.2, -0.15) is 0 Å². The summed E-state index contributed by atoms with van der Waals surface area (Å²) in [5, 5.41) is 2.13. The van der Waals surface area contributed by atoms with Gasteiger partial charge in [-0.25, -0.2) is 15.0 Å². The Morgan fingerprint density at radius 2 is 1.05 bits per heavy atom. The Bertz CT molecular complexity index is 1820. The summed E-state index contributed by atoms with van der Waals surface area (Å²) >= 11 is 0. The Hall–Kier alpha value is -5.09. The van der Waals surface area contributed by atoms with Crippen LogP contribution in [0.25, 0.3) is 67.0 Å². The van der Waals surface area contributed by atoms with Crippen molar-refractivity contribution < 1.29 is 4.42 Å². The van der Waals surface area contributed by atoms with Gasteiger partial charge in [-0.15, -0.1) is 0 Å². The van der Waals surface area contributed by atoms with Gasteiger partial charge in [0.25, 0.3) is 0 Å². The Balaban J connectivity index is 1.40. The molecule has 5 aromatic carbocycles. The van der Waals surface area contributed by atoms with Crippen LogP contribution >= 0.6 is 0 Å². The van der Waals surface area contributed by atoms with Crippen LogP contribution in [0.4, 0.5) is 0 Å². The van der Waals surface area contributed by atoms with E-state index in [0.29, 0.717) is 11.6 Å². The highest BCUT2D eigenvalue weighted by molar-refractivity contribution is 6.09. The second-order valence-electron chi connectivity index (χ2n) is 8.94. The van der Waals surface area contributed by atoms with Gasteiger partial charge < -0.3 is 4.42 Å². The van der Waals surface area contributed by atoms with E-state index in [4.69, 9.17) is 9.40 Å². The van der Waals surface area contributed by atoms with Crippen LogP contribution in [0.1, 0.15) is 0 Å². The molecular weight excluding hydrogens is 454 g/mol. The summed E-state index contributed by atoms with van der Waals surface area (Å²) < 4.78 is 6.24. The van der Waals surface area contributed by atoms with E-state index in [-0.39, 0.29) is 0 Å². The molecule has 4 nitrogen and oxygen atoms in total. The number of rotatable bonds is 4. The van der Waals surface area contributed by atoms with Gasteiger partial charge >= 0.3 is 0 Å². The topological polar surface area (TPSA) is 51.8 Å². The summed E-state index contributed by atoms with van der Waals surface area (Å²) in [4.78, 5) is 14.0. The van der Waals surface area contributed by atoms with Gasteiger partial charge in [0.15, 0.2) is 11.6 Å². The number of hydrogen-bond acceptors (Lipinski definition) is 4. The minimum Gasteiger partial charge on any atom is -0.455 e. The molecule has 0 aliphatic heterocycles. The lowest BCUT2D eigenvalue weighted by Crippen LogP contribution is -1.96. The number of hydrogen-bond donors (Lipinski definition) is 0. The highest BCUT2D eigenvalue weighted by Gasteiger charge is 2.15. The van der Waals surface area contributed by atoms with Gasteiger partial charge in [-0.1, -0.05) is 91.0 Å². The third kappa shape index (κ3) is 3.85. The van der Waals surface area contributed by atoms with Gasteiger partial charge in [0.2, 0.25) is 0 Å². The Morgan fingerprint density at radius 1 is 0.459 bits per heavy atom. The van der Waals surface area contributed by atoms with E-state index in [1.807, 2.05) is 42.5 Å². The van der Waals surface area contributed by atoms with Crippen molar-refractivity contribution in [1.82, 2.24) is 15.0 Å². The van der Waals surface area contributed by atoms with Crippen molar-refractivity contribution in [2.75, 3.05) is 0 Å². The number of para-hydroxylation sites is 2. The molecule has 7 rings (SSSR count). The zero-order chi connectivity index (χ0) is 24.6. The molecule has 2 aromatic heterocycles. The molecular formula is C33H21N3O. The molecule has 7 aromatic rings. The predicted octanol–water partition coefficient (Wildman–Crippen LogP) is 8.44. The Morgan fingerprint density at radius 3 is 1.78 bits per heavy atom. The highest BCUT2D eigenvalue weighted by Crippen LogP contribution is 2.36. The van der Waals surface area contributed by atoms with Crippen molar-refractivity contribution >= 4 is 21.9 Å². The van der Waals surface area contributed by atoms with Gasteiger partial charge in [0.05, 0.1) is 5.56 Å². The number of nitrogens with zero attached hydrogens (tertiary/aromatic N) is 3. The zero-order valence-corrected chi connectivity index (χ0v) is 19.9. The first-order valence-corrected chi connectivity index (χ1v) is 12.2. The van der Waals surface area contributed by atoms with Crippen molar-refractivity contribution in [3.63, 3.8) is 0 Å². The molecule has 0 fully saturated rings. The molecule has 0 aliphatic rings. The van der Waals surface area contributed by atoms with Crippen molar-refractivity contribution in [2.45, 2.75) is 0 Å². The highest BCUT2D eigenvalue weighted by atomic mass is 16.3. The fraction of sp³-hybridized carbons (Fsp3) is 0. The summed E-state index contributed by atoms with van der Waals surface area (Å²) in [5.41, 5.74) is 7.91. The SMILES string of the molecule is c1ccc(-c2cc(-c3ccccc3)cc(-c3ncnc(-c4cccc5c4oc4ccccc45)n3)c2)cc1. The smallest absolute Gasteiger partial charge is 0.167 e. The maximum Gasteiger partial charge on any atom is 0.167 e. The number of aromatic nitrogens is 3. The van der Waals surface area contributed by atoms with Crippen LogP contribution in [0.15, 0.2) is 132 Å². The van der Waals surface area contributed by atoms with E-state index in [1.165, 1.54) is 0 Å². The minimum atomic E-state index is 0.584. The maximum atomic E-state index is 6.24. The molecule has 0 N–H and O–H groups in total. The minimum absolute atomic E-state index is 0.584. The Kier molecular flexibility index (Phi) is 5.07. The molecule has 0 saturated heterocycles.